The van der Waals surface area contributed by atoms with E-state index in [1.165, 1.54) is 4.88 Å². The van der Waals surface area contributed by atoms with E-state index in [9.17, 15) is 0 Å². The molecule has 0 spiro atoms. The molecule has 0 bridgehead atoms. The van der Waals surface area contributed by atoms with E-state index in [2.05, 4.69) is 65.6 Å². The van der Waals surface area contributed by atoms with Gasteiger partial charge in [0.05, 0.1) is 4.83 Å². The van der Waals surface area contributed by atoms with Gasteiger partial charge in [-0.3, -0.25) is 0 Å². The van der Waals surface area contributed by atoms with E-state index in [0.717, 1.165) is 8.81 Å². The molecule has 1 heterocycles. The molecule has 0 amide bonds. The second-order valence-electron chi connectivity index (χ2n) is 5.59. The Balaban J connectivity index is 2.25. The summed E-state index contributed by atoms with van der Waals surface area (Å²) in [4.78, 5) is 1.73. The number of thiophene rings is 1. The Morgan fingerprint density at radius 1 is 1.31 bits per heavy atom. The topological polar surface area (TPSA) is 0 Å². The first-order valence-corrected chi connectivity index (χ1v) is 8.18. The Labute approximate surface area is 123 Å². The lowest BCUT2D eigenvalue weighted by Gasteiger charge is -2.09. The van der Waals surface area contributed by atoms with Crippen molar-refractivity contribution in [2.24, 2.45) is 16.7 Å². The highest BCUT2D eigenvalue weighted by molar-refractivity contribution is 9.10. The fraction of sp³-hybridized carbons (Fsp3) is 0.667. The number of rotatable bonds is 2. The Morgan fingerprint density at radius 3 is 2.12 bits per heavy atom. The zero-order valence-electron chi connectivity index (χ0n) is 9.77. The van der Waals surface area contributed by atoms with Crippen molar-refractivity contribution in [1.82, 2.24) is 0 Å². The van der Waals surface area contributed by atoms with Crippen molar-refractivity contribution in [3.05, 3.63) is 19.8 Å². The van der Waals surface area contributed by atoms with Gasteiger partial charge in [-0.1, -0.05) is 55.2 Å². The van der Waals surface area contributed by atoms with Gasteiger partial charge < -0.3 is 0 Å². The maximum atomic E-state index is 6.09. The minimum absolute atomic E-state index is 0.393. The van der Waals surface area contributed by atoms with E-state index in [4.69, 9.17) is 11.6 Å². The molecule has 0 aliphatic heterocycles. The van der Waals surface area contributed by atoms with Crippen LogP contribution >= 0.6 is 54.8 Å². The summed E-state index contributed by atoms with van der Waals surface area (Å²) in [6.07, 6.45) is 0. The minimum Gasteiger partial charge on any atom is -0.126 e. The molecule has 90 valence electrons. The molecule has 1 aromatic heterocycles. The van der Waals surface area contributed by atoms with Crippen molar-refractivity contribution >= 4 is 54.8 Å². The van der Waals surface area contributed by atoms with Crippen LogP contribution in [0.25, 0.3) is 0 Å². The molecule has 0 saturated heterocycles. The third-order valence-electron chi connectivity index (χ3n) is 4.36. The smallest absolute Gasteiger partial charge is 0.107 e. The third-order valence-corrected chi connectivity index (χ3v) is 8.24. The molecule has 1 aromatic rings. The van der Waals surface area contributed by atoms with Gasteiger partial charge in [-0.15, -0.1) is 11.3 Å². The predicted molar refractivity (Wildman–Crippen MR) is 79.7 cm³/mol. The number of hydrogen-bond donors (Lipinski definition) is 0. The van der Waals surface area contributed by atoms with Crippen molar-refractivity contribution < 1.29 is 0 Å². The van der Waals surface area contributed by atoms with E-state index < -0.39 is 0 Å². The highest BCUT2D eigenvalue weighted by atomic mass is 79.9. The number of alkyl halides is 1. The van der Waals surface area contributed by atoms with Gasteiger partial charge in [-0.05, 0) is 38.7 Å². The normalized spacial score (nSPS) is 24.4. The third kappa shape index (κ3) is 1.82. The number of hydrogen-bond acceptors (Lipinski definition) is 1. The van der Waals surface area contributed by atoms with Crippen LogP contribution in [0.15, 0.2) is 10.5 Å². The van der Waals surface area contributed by atoms with Crippen LogP contribution in [0.4, 0.5) is 0 Å². The highest BCUT2D eigenvalue weighted by Gasteiger charge is 2.67. The molecule has 0 radical (unpaired) electrons. The van der Waals surface area contributed by atoms with E-state index in [-0.39, 0.29) is 0 Å². The summed E-state index contributed by atoms with van der Waals surface area (Å²) in [5, 5.41) is 0. The average molecular weight is 387 g/mol. The summed E-state index contributed by atoms with van der Waals surface area (Å²) in [6.45, 7) is 9.37. The summed E-state index contributed by atoms with van der Waals surface area (Å²) in [5.74, 6) is 0.668. The summed E-state index contributed by atoms with van der Waals surface area (Å²) in [7, 11) is 0. The largest absolute Gasteiger partial charge is 0.126 e. The van der Waals surface area contributed by atoms with Gasteiger partial charge in [-0.2, -0.15) is 0 Å². The molecule has 4 heteroatoms. The molecule has 1 fully saturated rings. The Morgan fingerprint density at radius 2 is 1.81 bits per heavy atom. The van der Waals surface area contributed by atoms with Gasteiger partial charge in [-0.25, -0.2) is 0 Å². The molecule has 1 unspecified atom stereocenters. The van der Waals surface area contributed by atoms with Crippen LogP contribution < -0.4 is 0 Å². The maximum absolute atomic E-state index is 6.09. The van der Waals surface area contributed by atoms with Gasteiger partial charge >= 0.3 is 0 Å². The quantitative estimate of drug-likeness (QED) is 0.525. The lowest BCUT2D eigenvalue weighted by molar-refractivity contribution is 0.457. The fourth-order valence-corrected chi connectivity index (χ4v) is 6.13. The Hall–Kier alpha value is 0.950. The van der Waals surface area contributed by atoms with Crippen LogP contribution in [0.1, 0.15) is 37.4 Å². The van der Waals surface area contributed by atoms with Crippen LogP contribution in [-0.4, -0.2) is 0 Å². The van der Waals surface area contributed by atoms with Gasteiger partial charge in [0.15, 0.2) is 0 Å². The van der Waals surface area contributed by atoms with Crippen molar-refractivity contribution in [2.45, 2.75) is 32.5 Å². The second-order valence-corrected chi connectivity index (χ2v) is 9.12. The minimum atomic E-state index is 0.393. The van der Waals surface area contributed by atoms with Crippen LogP contribution in [0.5, 0.6) is 0 Å². The first-order valence-electron chi connectivity index (χ1n) is 5.28. The zero-order valence-corrected chi connectivity index (χ0v) is 14.5. The molecule has 0 N–H and O–H groups in total. The highest BCUT2D eigenvalue weighted by Crippen LogP contribution is 2.74. The van der Waals surface area contributed by atoms with Crippen LogP contribution in [0, 0.1) is 16.7 Å². The molecule has 16 heavy (non-hydrogen) atoms. The molecule has 0 aromatic carbocycles. The lowest BCUT2D eigenvalue weighted by atomic mass is 10.0. The van der Waals surface area contributed by atoms with E-state index in [0.29, 0.717) is 21.6 Å². The van der Waals surface area contributed by atoms with Gasteiger partial charge in [0, 0.05) is 9.35 Å². The first kappa shape index (κ1) is 13.4. The van der Waals surface area contributed by atoms with E-state index in [1.807, 2.05) is 0 Å². The SMILES string of the molecule is CC1(C)C(C(Br)c2cc(Br)c(Cl)s2)C1(C)C. The zero-order chi connectivity index (χ0) is 12.3. The first-order chi connectivity index (χ1) is 7.19. The molecule has 1 aliphatic rings. The van der Waals surface area contributed by atoms with Crippen molar-refractivity contribution in [3.8, 4) is 0 Å². The molecule has 2 rings (SSSR count). The van der Waals surface area contributed by atoms with Crippen LogP contribution in [0.3, 0.4) is 0 Å². The average Bonchev–Trinajstić information content (AvgIpc) is 2.39. The fourth-order valence-electron chi connectivity index (χ4n) is 2.64. The molecule has 1 atom stereocenters. The Bertz CT molecular complexity index is 389. The summed E-state index contributed by atoms with van der Waals surface area (Å²) >= 11 is 15.1. The summed E-state index contributed by atoms with van der Waals surface area (Å²) < 4.78 is 1.85. The molecule has 0 nitrogen and oxygen atoms in total. The van der Waals surface area contributed by atoms with Crippen LogP contribution in [-0.2, 0) is 0 Å². The summed E-state index contributed by atoms with van der Waals surface area (Å²) in [6, 6.07) is 2.14. The van der Waals surface area contributed by atoms with E-state index >= 15 is 0 Å². The lowest BCUT2D eigenvalue weighted by Crippen LogP contribution is -1.96. The molecular formula is C12H15Br2ClS. The number of halogens is 3. The van der Waals surface area contributed by atoms with Gasteiger partial charge in [0.2, 0.25) is 0 Å². The van der Waals surface area contributed by atoms with Crippen molar-refractivity contribution in [2.75, 3.05) is 0 Å². The monoisotopic (exact) mass is 384 g/mol. The summed E-state index contributed by atoms with van der Waals surface area (Å²) in [5.41, 5.74) is 0.786. The predicted octanol–water partition coefficient (Wildman–Crippen LogP) is 6.28. The van der Waals surface area contributed by atoms with E-state index in [1.54, 1.807) is 11.3 Å². The molecule has 1 saturated carbocycles. The standard InChI is InChI=1S/C12H15Br2ClS/c1-11(2)9(12(11,3)4)8(14)7-5-6(13)10(15)16-7/h5,8-9H,1-4H3. The van der Waals surface area contributed by atoms with Crippen molar-refractivity contribution in [3.63, 3.8) is 0 Å². The molecular weight excluding hydrogens is 371 g/mol. The van der Waals surface area contributed by atoms with Gasteiger partial charge in [0.25, 0.3) is 0 Å². The molecule has 1 aliphatic carbocycles. The van der Waals surface area contributed by atoms with Crippen LogP contribution in [0.2, 0.25) is 4.34 Å². The van der Waals surface area contributed by atoms with Crippen molar-refractivity contribution in [1.29, 1.82) is 0 Å². The second kappa shape index (κ2) is 3.97. The Kier molecular flexibility index (Phi) is 3.32. The van der Waals surface area contributed by atoms with Gasteiger partial charge in [0.1, 0.15) is 4.34 Å². The maximum Gasteiger partial charge on any atom is 0.107 e.